The van der Waals surface area contributed by atoms with E-state index in [9.17, 15) is 9.90 Å². The zero-order valence-corrected chi connectivity index (χ0v) is 36.3. The first kappa shape index (κ1) is 40.7. The second-order valence-corrected chi connectivity index (χ2v) is 19.8. The molecule has 4 saturated carbocycles. The van der Waals surface area contributed by atoms with Crippen LogP contribution in [0, 0.1) is 30.1 Å². The molecule has 4 aliphatic carbocycles. The van der Waals surface area contributed by atoms with Crippen molar-refractivity contribution in [2.75, 3.05) is 50.2 Å². The lowest BCUT2D eigenvalue weighted by Gasteiger charge is -2.69. The molecule has 60 heavy (non-hydrogen) atoms. The maximum Gasteiger partial charge on any atom is 0.355 e. The zero-order chi connectivity index (χ0) is 41.9. The molecule has 2 atom stereocenters. The molecular formula is C45H57N9O5S. The zero-order valence-electron chi connectivity index (χ0n) is 35.4. The van der Waals surface area contributed by atoms with Crippen molar-refractivity contribution in [3.8, 4) is 17.0 Å². The molecular weight excluding hydrogens is 779 g/mol. The Morgan fingerprint density at radius 2 is 1.78 bits per heavy atom. The Balaban J connectivity index is 0.941. The number of hydrogen-bond donors (Lipinski definition) is 4. The van der Waals surface area contributed by atoms with Crippen molar-refractivity contribution in [1.29, 1.82) is 0 Å². The van der Waals surface area contributed by atoms with Gasteiger partial charge < -0.3 is 35.2 Å². The van der Waals surface area contributed by atoms with Crippen LogP contribution in [0.2, 0.25) is 0 Å². The molecule has 4 aromatic heterocycles. The van der Waals surface area contributed by atoms with Crippen molar-refractivity contribution in [3.63, 3.8) is 0 Å². The Bertz CT molecular complexity index is 2410. The number of pyridine rings is 1. The summed E-state index contributed by atoms with van der Waals surface area (Å²) in [5.74, 6) is 1.49. The highest BCUT2D eigenvalue weighted by molar-refractivity contribution is 7.22. The molecule has 14 nitrogen and oxygen atoms in total. The Hall–Kier alpha value is -4.70. The van der Waals surface area contributed by atoms with Gasteiger partial charge in [0.2, 0.25) is 0 Å². The summed E-state index contributed by atoms with van der Waals surface area (Å²) in [6.45, 7) is 13.1. The highest BCUT2D eigenvalue weighted by Gasteiger charge is 2.66. The van der Waals surface area contributed by atoms with Crippen LogP contribution in [0.1, 0.15) is 98.9 Å². The van der Waals surface area contributed by atoms with Crippen LogP contribution in [0.25, 0.3) is 21.5 Å². The standard InChI is InChI=1S/C45H57N9O5S/c1-28-19-33(52-54(28)27-44-22-42(3)21-43(4,23-44)25-45(24-42,26-44)59-18-15-46-14-6-7-17-55)32-11-13-36(48-37(32)40(56)57)53-16-8-9-31-29(2)38(50-51-39(31)53)49-41-47-34-20-30(58-5)10-12-35(34)60-41/h10-13,19-20,46,55H,6-9,14-18,21-27H2,1-5H3,(H,56,57)(H,47,49,50). The number of aromatic carboxylic acids is 1. The molecule has 15 heteroatoms. The van der Waals surface area contributed by atoms with E-state index in [1.54, 1.807) is 7.11 Å². The van der Waals surface area contributed by atoms with Gasteiger partial charge in [-0.2, -0.15) is 5.10 Å². The molecule has 4 fully saturated rings. The van der Waals surface area contributed by atoms with Crippen molar-refractivity contribution in [1.82, 2.24) is 35.3 Å². The van der Waals surface area contributed by atoms with Gasteiger partial charge in [0.25, 0.3) is 0 Å². The number of methoxy groups -OCH3 is 1. The van der Waals surface area contributed by atoms with Gasteiger partial charge in [-0.3, -0.25) is 4.68 Å². The number of nitrogens with one attached hydrogen (secondary N) is 2. The highest BCUT2D eigenvalue weighted by atomic mass is 32.1. The quantitative estimate of drug-likeness (QED) is 0.0706. The molecule has 4 N–H and O–H groups in total. The topological polar surface area (TPSA) is 173 Å². The third kappa shape index (κ3) is 7.73. The van der Waals surface area contributed by atoms with Crippen molar-refractivity contribution < 1.29 is 24.5 Å². The third-order valence-corrected chi connectivity index (χ3v) is 14.4. The van der Waals surface area contributed by atoms with Gasteiger partial charge in [-0.15, -0.1) is 10.2 Å². The summed E-state index contributed by atoms with van der Waals surface area (Å²) in [5.41, 5.74) is 5.25. The lowest BCUT2D eigenvalue weighted by molar-refractivity contribution is -0.247. The summed E-state index contributed by atoms with van der Waals surface area (Å²) in [4.78, 5) is 24.4. The average molecular weight is 836 g/mol. The number of carboxylic acid groups (broad SMARTS) is 1. The van der Waals surface area contributed by atoms with Crippen LogP contribution in [0.4, 0.5) is 22.6 Å². The number of aliphatic hydroxyl groups excluding tert-OH is 1. The predicted octanol–water partition coefficient (Wildman–Crippen LogP) is 7.99. The fourth-order valence-electron chi connectivity index (χ4n) is 12.2. The van der Waals surface area contributed by atoms with Crippen LogP contribution >= 0.6 is 11.3 Å². The number of nitrogens with zero attached hydrogens (tertiary/aromatic N) is 7. The number of hydrogen-bond acceptors (Lipinski definition) is 13. The van der Waals surface area contributed by atoms with Gasteiger partial charge >= 0.3 is 5.97 Å². The number of ether oxygens (including phenoxy) is 2. The van der Waals surface area contributed by atoms with Crippen LogP contribution < -0.4 is 20.3 Å². The Labute approximate surface area is 355 Å². The molecule has 5 aliphatic rings. The number of aliphatic hydroxyl groups is 1. The molecule has 5 heterocycles. The van der Waals surface area contributed by atoms with E-state index < -0.39 is 5.97 Å². The molecule has 318 valence electrons. The lowest BCUT2D eigenvalue weighted by Crippen LogP contribution is -2.64. The first-order valence-corrected chi connectivity index (χ1v) is 22.2. The van der Waals surface area contributed by atoms with E-state index in [0.29, 0.717) is 41.9 Å². The molecule has 5 aromatic rings. The summed E-state index contributed by atoms with van der Waals surface area (Å²) >= 11 is 1.54. The number of carbonyl (C=O) groups is 1. The van der Waals surface area contributed by atoms with Crippen molar-refractivity contribution in [2.45, 2.75) is 104 Å². The second kappa shape index (κ2) is 15.6. The van der Waals surface area contributed by atoms with E-state index in [0.717, 1.165) is 115 Å². The van der Waals surface area contributed by atoms with Crippen LogP contribution in [0.3, 0.4) is 0 Å². The van der Waals surface area contributed by atoms with E-state index in [4.69, 9.17) is 29.6 Å². The van der Waals surface area contributed by atoms with E-state index in [-0.39, 0.29) is 34.1 Å². The highest BCUT2D eigenvalue weighted by Crippen LogP contribution is 2.72. The van der Waals surface area contributed by atoms with Crippen LogP contribution in [-0.4, -0.2) is 91.7 Å². The fourth-order valence-corrected chi connectivity index (χ4v) is 13.0. The molecule has 2 unspecified atom stereocenters. The van der Waals surface area contributed by atoms with E-state index in [1.165, 1.54) is 17.8 Å². The van der Waals surface area contributed by atoms with Crippen molar-refractivity contribution >= 4 is 50.1 Å². The van der Waals surface area contributed by atoms with Crippen LogP contribution in [0.5, 0.6) is 5.75 Å². The van der Waals surface area contributed by atoms with Gasteiger partial charge in [0.05, 0.1) is 35.2 Å². The lowest BCUT2D eigenvalue weighted by atomic mass is 9.39. The first-order chi connectivity index (χ1) is 28.8. The molecule has 1 aliphatic heterocycles. The van der Waals surface area contributed by atoms with Gasteiger partial charge in [-0.05, 0) is 131 Å². The average Bonchev–Trinajstić information content (AvgIpc) is 3.77. The number of benzene rings is 1. The van der Waals surface area contributed by atoms with Gasteiger partial charge in [0.15, 0.2) is 22.5 Å². The minimum absolute atomic E-state index is 0.0353. The van der Waals surface area contributed by atoms with Gasteiger partial charge in [-0.1, -0.05) is 25.2 Å². The van der Waals surface area contributed by atoms with Crippen LogP contribution in [-0.2, 0) is 17.7 Å². The maximum atomic E-state index is 12.9. The molecule has 0 spiro atoms. The van der Waals surface area contributed by atoms with Crippen molar-refractivity contribution in [2.24, 2.45) is 16.2 Å². The summed E-state index contributed by atoms with van der Waals surface area (Å²) in [5, 5.41) is 41.7. The number of carboxylic acids is 1. The predicted molar refractivity (Wildman–Crippen MR) is 233 cm³/mol. The van der Waals surface area contributed by atoms with Gasteiger partial charge in [0.1, 0.15) is 11.6 Å². The summed E-state index contributed by atoms with van der Waals surface area (Å²) in [6, 6.07) is 11.6. The summed E-state index contributed by atoms with van der Waals surface area (Å²) in [7, 11) is 1.64. The Kier molecular flexibility index (Phi) is 10.6. The SMILES string of the molecule is COc1ccc2sc(Nc3nnc4c(c3C)CCCN4c3ccc(-c4cc(C)n(CC56CC7(C)CC(C)(C5)CC(OCCNCCCCO)(C7)C6)n4)c(C(=O)O)n3)nc2c1. The number of thiazole rings is 1. The van der Waals surface area contributed by atoms with Gasteiger partial charge in [0, 0.05) is 54.7 Å². The van der Waals surface area contributed by atoms with Crippen LogP contribution in [0.15, 0.2) is 36.4 Å². The monoisotopic (exact) mass is 835 g/mol. The molecule has 1 aromatic carbocycles. The number of unbranched alkanes of at least 4 members (excludes halogenated alkanes) is 1. The second-order valence-electron chi connectivity index (χ2n) is 18.8. The Morgan fingerprint density at radius 3 is 2.55 bits per heavy atom. The third-order valence-electron chi connectivity index (χ3n) is 13.4. The van der Waals surface area contributed by atoms with E-state index >= 15 is 0 Å². The molecule has 10 rings (SSSR count). The molecule has 0 amide bonds. The first-order valence-electron chi connectivity index (χ1n) is 21.4. The maximum absolute atomic E-state index is 12.9. The smallest absolute Gasteiger partial charge is 0.355 e. The van der Waals surface area contributed by atoms with E-state index in [2.05, 4.69) is 46.3 Å². The van der Waals surface area contributed by atoms with E-state index in [1.807, 2.05) is 48.2 Å². The normalized spacial score (nSPS) is 25.5. The number of aryl methyl sites for hydroxylation is 1. The van der Waals surface area contributed by atoms with Gasteiger partial charge in [-0.25, -0.2) is 14.8 Å². The number of rotatable bonds is 16. The van der Waals surface area contributed by atoms with Crippen molar-refractivity contribution in [3.05, 3.63) is 58.9 Å². The summed E-state index contributed by atoms with van der Waals surface area (Å²) < 4.78 is 15.4. The molecule has 0 radical (unpaired) electrons. The summed E-state index contributed by atoms with van der Waals surface area (Å²) in [6.07, 6.45) is 10.1. The number of fused-ring (bicyclic) bond motifs is 2. The number of anilines is 4. The largest absolute Gasteiger partial charge is 0.497 e. The fraction of sp³-hybridized carbons (Fsp3) is 0.556. The minimum atomic E-state index is -1.10. The number of aromatic nitrogens is 6. The molecule has 4 bridgehead atoms. The minimum Gasteiger partial charge on any atom is -0.497 e. The molecule has 0 saturated heterocycles. The Morgan fingerprint density at radius 1 is 0.967 bits per heavy atom.